The number of hydrogen-bond acceptors (Lipinski definition) is 3. The molecule has 1 fully saturated rings. The number of benzene rings is 1. The maximum Gasteiger partial charge on any atom is 0.227 e. The van der Waals surface area contributed by atoms with Crippen LogP contribution in [0.25, 0.3) is 0 Å². The van der Waals surface area contributed by atoms with Crippen LogP contribution in [-0.4, -0.2) is 32.5 Å². The molecule has 0 bridgehead atoms. The summed E-state index contributed by atoms with van der Waals surface area (Å²) in [5.74, 6) is 0.340. The lowest BCUT2D eigenvalue weighted by Gasteiger charge is -2.19. The molecule has 0 aliphatic carbocycles. The van der Waals surface area contributed by atoms with Crippen molar-refractivity contribution in [3.05, 3.63) is 23.8 Å². The summed E-state index contributed by atoms with van der Waals surface area (Å²) in [4.78, 5) is 14.0. The molecule has 1 aromatic rings. The second-order valence-corrected chi connectivity index (χ2v) is 7.61. The maximum absolute atomic E-state index is 12.0. The Morgan fingerprint density at radius 1 is 1.42 bits per heavy atom. The van der Waals surface area contributed by atoms with Crippen molar-refractivity contribution < 1.29 is 13.2 Å². The summed E-state index contributed by atoms with van der Waals surface area (Å²) < 4.78 is 23.2. The van der Waals surface area contributed by atoms with E-state index in [-0.39, 0.29) is 16.7 Å². The fraction of sp³-hybridized carbons (Fsp3) is 0.462. The summed E-state index contributed by atoms with van der Waals surface area (Å²) in [5.41, 5.74) is 1.62. The first-order valence-electron chi connectivity index (χ1n) is 6.00. The van der Waals surface area contributed by atoms with Gasteiger partial charge in [0.05, 0.1) is 4.90 Å². The monoisotopic (exact) mass is 345 g/mol. The molecular formula is C13H16BrNO3S. The van der Waals surface area contributed by atoms with Crippen LogP contribution < -0.4 is 4.90 Å². The van der Waals surface area contributed by atoms with Crippen molar-refractivity contribution in [1.29, 1.82) is 0 Å². The van der Waals surface area contributed by atoms with E-state index in [0.717, 1.165) is 10.9 Å². The number of hydrogen-bond donors (Lipinski definition) is 0. The molecule has 1 saturated heterocycles. The van der Waals surface area contributed by atoms with Crippen LogP contribution in [-0.2, 0) is 14.6 Å². The molecule has 2 rings (SSSR count). The quantitative estimate of drug-likeness (QED) is 0.788. The normalized spacial score (nSPS) is 20.1. The first-order valence-corrected chi connectivity index (χ1v) is 9.01. The number of carbonyl (C=O) groups is 1. The van der Waals surface area contributed by atoms with Crippen LogP contribution in [0.5, 0.6) is 0 Å². The van der Waals surface area contributed by atoms with Crippen LogP contribution in [0.2, 0.25) is 0 Å². The second-order valence-electron chi connectivity index (χ2n) is 4.95. The molecule has 1 heterocycles. The fourth-order valence-corrected chi connectivity index (χ4v) is 3.30. The summed E-state index contributed by atoms with van der Waals surface area (Å²) in [6, 6.07) is 4.93. The van der Waals surface area contributed by atoms with Crippen molar-refractivity contribution >= 4 is 37.4 Å². The van der Waals surface area contributed by atoms with Gasteiger partial charge in [-0.3, -0.25) is 4.79 Å². The van der Waals surface area contributed by atoms with Gasteiger partial charge in [0, 0.05) is 30.2 Å². The van der Waals surface area contributed by atoms with E-state index < -0.39 is 9.84 Å². The zero-order valence-corrected chi connectivity index (χ0v) is 13.3. The zero-order valence-electron chi connectivity index (χ0n) is 10.9. The van der Waals surface area contributed by atoms with Crippen molar-refractivity contribution in [3.63, 3.8) is 0 Å². The van der Waals surface area contributed by atoms with Crippen LogP contribution in [0.15, 0.2) is 23.1 Å². The molecule has 1 amide bonds. The molecular weight excluding hydrogens is 330 g/mol. The van der Waals surface area contributed by atoms with Crippen molar-refractivity contribution in [2.24, 2.45) is 5.92 Å². The van der Waals surface area contributed by atoms with E-state index in [0.29, 0.717) is 18.7 Å². The SMILES string of the molecule is Cc1ccc(S(C)(=O)=O)cc1N1CC(CBr)CC1=O. The summed E-state index contributed by atoms with van der Waals surface area (Å²) >= 11 is 3.39. The van der Waals surface area contributed by atoms with Crippen molar-refractivity contribution in [1.82, 2.24) is 0 Å². The van der Waals surface area contributed by atoms with E-state index >= 15 is 0 Å². The molecule has 19 heavy (non-hydrogen) atoms. The van der Waals surface area contributed by atoms with Gasteiger partial charge in [0.25, 0.3) is 0 Å². The van der Waals surface area contributed by atoms with Gasteiger partial charge in [-0.1, -0.05) is 22.0 Å². The van der Waals surface area contributed by atoms with Crippen molar-refractivity contribution in [2.75, 3.05) is 23.0 Å². The third-order valence-electron chi connectivity index (χ3n) is 3.32. The number of alkyl halides is 1. The highest BCUT2D eigenvalue weighted by molar-refractivity contribution is 9.09. The highest BCUT2D eigenvalue weighted by Gasteiger charge is 2.31. The van der Waals surface area contributed by atoms with E-state index in [1.54, 1.807) is 23.1 Å². The number of amides is 1. The number of nitrogens with zero attached hydrogens (tertiary/aromatic N) is 1. The summed E-state index contributed by atoms with van der Waals surface area (Å²) in [5, 5.41) is 0.778. The van der Waals surface area contributed by atoms with Gasteiger partial charge in [-0.25, -0.2) is 8.42 Å². The van der Waals surface area contributed by atoms with Gasteiger partial charge >= 0.3 is 0 Å². The highest BCUT2D eigenvalue weighted by Crippen LogP contribution is 2.30. The number of rotatable bonds is 3. The lowest BCUT2D eigenvalue weighted by atomic mass is 10.1. The minimum absolute atomic E-state index is 0.0539. The van der Waals surface area contributed by atoms with E-state index in [1.165, 1.54) is 6.26 Å². The van der Waals surface area contributed by atoms with Crippen molar-refractivity contribution in [3.8, 4) is 0 Å². The fourth-order valence-electron chi connectivity index (χ4n) is 2.23. The van der Waals surface area contributed by atoms with Gasteiger partial charge in [-0.15, -0.1) is 0 Å². The Bertz CT molecular complexity index is 612. The lowest BCUT2D eigenvalue weighted by Crippen LogP contribution is -2.25. The average molecular weight is 346 g/mol. The highest BCUT2D eigenvalue weighted by atomic mass is 79.9. The molecule has 104 valence electrons. The van der Waals surface area contributed by atoms with Crippen molar-refractivity contribution in [2.45, 2.75) is 18.2 Å². The van der Waals surface area contributed by atoms with Gasteiger partial charge in [0.15, 0.2) is 9.84 Å². The van der Waals surface area contributed by atoms with Crippen LogP contribution in [0, 0.1) is 12.8 Å². The molecule has 0 N–H and O–H groups in total. The molecule has 1 aliphatic rings. The number of anilines is 1. The Morgan fingerprint density at radius 2 is 2.11 bits per heavy atom. The minimum Gasteiger partial charge on any atom is -0.312 e. The minimum atomic E-state index is -3.26. The van der Waals surface area contributed by atoms with E-state index in [9.17, 15) is 13.2 Å². The van der Waals surface area contributed by atoms with E-state index in [2.05, 4.69) is 15.9 Å². The summed E-state index contributed by atoms with van der Waals surface area (Å²) in [6.07, 6.45) is 1.68. The van der Waals surface area contributed by atoms with Gasteiger partial charge < -0.3 is 4.90 Å². The Balaban J connectivity index is 2.42. The first kappa shape index (κ1) is 14.5. The Morgan fingerprint density at radius 3 is 2.63 bits per heavy atom. The van der Waals surface area contributed by atoms with Crippen LogP contribution in [0.3, 0.4) is 0 Å². The van der Waals surface area contributed by atoms with Gasteiger partial charge in [-0.05, 0) is 30.5 Å². The van der Waals surface area contributed by atoms with Crippen LogP contribution in [0.1, 0.15) is 12.0 Å². The third-order valence-corrected chi connectivity index (χ3v) is 5.35. The van der Waals surface area contributed by atoms with E-state index in [1.807, 2.05) is 6.92 Å². The molecule has 0 saturated carbocycles. The molecule has 1 atom stereocenters. The average Bonchev–Trinajstić information content (AvgIpc) is 2.69. The second kappa shape index (κ2) is 5.25. The lowest BCUT2D eigenvalue weighted by molar-refractivity contribution is -0.117. The molecule has 6 heteroatoms. The number of carbonyl (C=O) groups excluding carboxylic acids is 1. The largest absolute Gasteiger partial charge is 0.312 e. The predicted molar refractivity (Wildman–Crippen MR) is 78.5 cm³/mol. The number of sulfone groups is 1. The van der Waals surface area contributed by atoms with Gasteiger partial charge in [0.2, 0.25) is 5.91 Å². The smallest absolute Gasteiger partial charge is 0.227 e. The van der Waals surface area contributed by atoms with E-state index in [4.69, 9.17) is 0 Å². The number of halogens is 1. The Kier molecular flexibility index (Phi) is 4.01. The van der Waals surface area contributed by atoms with Crippen LogP contribution >= 0.6 is 15.9 Å². The Labute approximate surface area is 121 Å². The summed E-state index contributed by atoms with van der Waals surface area (Å²) in [6.45, 7) is 2.52. The number of aryl methyl sites for hydroxylation is 1. The molecule has 0 radical (unpaired) electrons. The van der Waals surface area contributed by atoms with Gasteiger partial charge in [-0.2, -0.15) is 0 Å². The van der Waals surface area contributed by atoms with Crippen LogP contribution in [0.4, 0.5) is 5.69 Å². The first-order chi connectivity index (χ1) is 8.82. The molecule has 0 aromatic heterocycles. The molecule has 4 nitrogen and oxygen atoms in total. The summed E-state index contributed by atoms with van der Waals surface area (Å²) in [7, 11) is -3.26. The maximum atomic E-state index is 12.0. The third kappa shape index (κ3) is 3.00. The zero-order chi connectivity index (χ0) is 14.2. The molecule has 0 spiro atoms. The predicted octanol–water partition coefficient (Wildman–Crippen LogP) is 2.15. The topological polar surface area (TPSA) is 54.5 Å². The standard InChI is InChI=1S/C13H16BrNO3S/c1-9-3-4-11(19(2,17)18)6-12(9)15-8-10(7-14)5-13(15)16/h3-4,6,10H,5,7-8H2,1-2H3. The molecule has 1 aliphatic heterocycles. The molecule has 1 unspecified atom stereocenters. The Hall–Kier alpha value is -0.880. The molecule has 1 aromatic carbocycles. The van der Waals surface area contributed by atoms with Gasteiger partial charge in [0.1, 0.15) is 0 Å².